The highest BCUT2D eigenvalue weighted by Crippen LogP contribution is 2.47. The number of benzene rings is 8. The molecule has 10 aromatic rings. The van der Waals surface area contributed by atoms with Crippen LogP contribution < -0.4 is 5.32 Å². The molecule has 2 aromatic heterocycles. The third kappa shape index (κ3) is 3.84. The van der Waals surface area contributed by atoms with Crippen molar-refractivity contribution in [3.8, 4) is 5.69 Å². The summed E-state index contributed by atoms with van der Waals surface area (Å²) < 4.78 is 9.26. The number of nitrogens with one attached hydrogen (secondary N) is 1. The SMILES string of the molecule is c1ccc(C2=NC(c3ccc(-n4c5c6ccccc6ccc5c5c6ccccc6c6c7ccccc7oc6c54)cc3)Nc3ccccc32)cc1. The van der Waals surface area contributed by atoms with Crippen LogP contribution in [-0.2, 0) is 0 Å². The van der Waals surface area contributed by atoms with E-state index >= 15 is 0 Å². The lowest BCUT2D eigenvalue weighted by Crippen LogP contribution is -2.20. The zero-order chi connectivity index (χ0) is 32.8. The fourth-order valence-electron chi connectivity index (χ4n) is 8.18. The van der Waals surface area contributed by atoms with E-state index in [1.165, 1.54) is 37.8 Å². The number of anilines is 1. The van der Waals surface area contributed by atoms with Crippen molar-refractivity contribution in [3.05, 3.63) is 180 Å². The summed E-state index contributed by atoms with van der Waals surface area (Å²) >= 11 is 0. The molecule has 0 radical (unpaired) electrons. The van der Waals surface area contributed by atoms with Crippen LogP contribution in [0.1, 0.15) is 22.9 Å². The molecule has 1 aliphatic heterocycles. The van der Waals surface area contributed by atoms with Crippen LogP contribution in [0.2, 0.25) is 0 Å². The Bertz CT molecular complexity index is 3000. The second-order valence-corrected chi connectivity index (χ2v) is 13.1. The minimum atomic E-state index is -0.223. The third-order valence-corrected chi connectivity index (χ3v) is 10.4. The number of fused-ring (bicyclic) bond motifs is 13. The van der Waals surface area contributed by atoms with Gasteiger partial charge in [-0.3, -0.25) is 4.99 Å². The minimum absolute atomic E-state index is 0.223. The Morgan fingerprint density at radius 2 is 1.20 bits per heavy atom. The monoisotopic (exact) mass is 639 g/mol. The van der Waals surface area contributed by atoms with Crippen LogP contribution >= 0.6 is 0 Å². The molecule has 8 aromatic carbocycles. The van der Waals surface area contributed by atoms with Crippen molar-refractivity contribution in [1.29, 1.82) is 0 Å². The van der Waals surface area contributed by atoms with Gasteiger partial charge in [0.05, 0.1) is 16.7 Å². The molecule has 0 spiro atoms. The van der Waals surface area contributed by atoms with Gasteiger partial charge in [-0.15, -0.1) is 0 Å². The summed E-state index contributed by atoms with van der Waals surface area (Å²) in [6.07, 6.45) is -0.223. The van der Waals surface area contributed by atoms with Crippen LogP contribution in [0.15, 0.2) is 173 Å². The second kappa shape index (κ2) is 10.4. The van der Waals surface area contributed by atoms with E-state index in [1.807, 2.05) is 6.07 Å². The molecule has 0 saturated carbocycles. The highest BCUT2D eigenvalue weighted by atomic mass is 16.3. The molecule has 50 heavy (non-hydrogen) atoms. The Kier molecular flexibility index (Phi) is 5.69. The van der Waals surface area contributed by atoms with Crippen LogP contribution in [0.3, 0.4) is 0 Å². The third-order valence-electron chi connectivity index (χ3n) is 10.4. The first-order valence-electron chi connectivity index (χ1n) is 17.1. The summed E-state index contributed by atoms with van der Waals surface area (Å²) in [5, 5.41) is 13.3. The summed E-state index contributed by atoms with van der Waals surface area (Å²) in [5.41, 5.74) is 10.6. The summed E-state index contributed by atoms with van der Waals surface area (Å²) in [5.74, 6) is 0. The molecule has 1 unspecified atom stereocenters. The zero-order valence-corrected chi connectivity index (χ0v) is 27.0. The number of furan rings is 1. The first kappa shape index (κ1) is 27.3. The number of rotatable bonds is 3. The molecule has 0 saturated heterocycles. The minimum Gasteiger partial charge on any atom is -0.454 e. The highest BCUT2D eigenvalue weighted by Gasteiger charge is 2.25. The molecule has 1 atom stereocenters. The highest BCUT2D eigenvalue weighted by molar-refractivity contribution is 6.36. The first-order valence-corrected chi connectivity index (χ1v) is 17.1. The number of aliphatic imine (C=N–C) groups is 1. The predicted molar refractivity (Wildman–Crippen MR) is 208 cm³/mol. The quantitative estimate of drug-likeness (QED) is 0.209. The van der Waals surface area contributed by atoms with Gasteiger partial charge < -0.3 is 14.3 Å². The number of hydrogen-bond donors (Lipinski definition) is 1. The van der Waals surface area contributed by atoms with Crippen LogP contribution in [0.25, 0.3) is 71.0 Å². The lowest BCUT2D eigenvalue weighted by molar-refractivity contribution is 0.671. The van der Waals surface area contributed by atoms with Crippen molar-refractivity contribution in [2.75, 3.05) is 5.32 Å². The molecule has 3 heterocycles. The number of nitrogens with zero attached hydrogens (tertiary/aromatic N) is 2. The van der Waals surface area contributed by atoms with Crippen molar-refractivity contribution in [2.24, 2.45) is 4.99 Å². The summed E-state index contributed by atoms with van der Waals surface area (Å²) in [7, 11) is 0. The molecule has 0 bridgehead atoms. The summed E-state index contributed by atoms with van der Waals surface area (Å²) in [6.45, 7) is 0. The van der Waals surface area contributed by atoms with Gasteiger partial charge in [0, 0.05) is 49.4 Å². The van der Waals surface area contributed by atoms with Crippen molar-refractivity contribution in [1.82, 2.24) is 4.57 Å². The van der Waals surface area contributed by atoms with Crippen LogP contribution in [0.5, 0.6) is 0 Å². The number of aromatic nitrogens is 1. The number of hydrogen-bond acceptors (Lipinski definition) is 3. The molecular weight excluding hydrogens is 611 g/mol. The van der Waals surface area contributed by atoms with E-state index in [0.717, 1.165) is 61.2 Å². The van der Waals surface area contributed by atoms with E-state index in [9.17, 15) is 0 Å². The molecule has 0 fully saturated rings. The molecular formula is C46H29N3O. The maximum absolute atomic E-state index is 6.84. The van der Waals surface area contributed by atoms with Crippen molar-refractivity contribution >= 4 is 76.7 Å². The second-order valence-electron chi connectivity index (χ2n) is 13.1. The van der Waals surface area contributed by atoms with Gasteiger partial charge in [-0.1, -0.05) is 140 Å². The van der Waals surface area contributed by atoms with E-state index in [4.69, 9.17) is 9.41 Å². The van der Waals surface area contributed by atoms with Gasteiger partial charge >= 0.3 is 0 Å². The van der Waals surface area contributed by atoms with Crippen molar-refractivity contribution < 1.29 is 4.42 Å². The average Bonchev–Trinajstić information content (AvgIpc) is 3.75. The Morgan fingerprint density at radius 3 is 2.04 bits per heavy atom. The van der Waals surface area contributed by atoms with Gasteiger partial charge in [-0.2, -0.15) is 0 Å². The van der Waals surface area contributed by atoms with Gasteiger partial charge in [0.1, 0.15) is 11.7 Å². The molecule has 234 valence electrons. The van der Waals surface area contributed by atoms with Gasteiger partial charge in [0.2, 0.25) is 0 Å². The molecule has 4 heteroatoms. The molecule has 1 aliphatic rings. The lowest BCUT2D eigenvalue weighted by Gasteiger charge is -2.26. The van der Waals surface area contributed by atoms with Crippen LogP contribution in [0, 0.1) is 0 Å². The zero-order valence-electron chi connectivity index (χ0n) is 27.0. The van der Waals surface area contributed by atoms with Crippen molar-refractivity contribution in [2.45, 2.75) is 6.17 Å². The van der Waals surface area contributed by atoms with Crippen LogP contribution in [-0.4, -0.2) is 10.3 Å². The van der Waals surface area contributed by atoms with Gasteiger partial charge in [0.15, 0.2) is 5.58 Å². The molecule has 0 amide bonds. The lowest BCUT2D eigenvalue weighted by atomic mass is 9.97. The Hall–Kier alpha value is -6.65. The largest absolute Gasteiger partial charge is 0.454 e. The standard InChI is InChI=1S/C46H29N3O/c1-2-13-29(14-3-1)42-35-18-8-10-20-38(35)47-46(48-42)30-22-25-31(26-23-30)49-43-32-15-5-4-12-28(32)24-27-37(43)40-33-16-6-7-17-34(33)41-36-19-9-11-21-39(36)50-45(41)44(40)49/h1-27,46-47H. The maximum atomic E-state index is 6.84. The van der Waals surface area contributed by atoms with Crippen molar-refractivity contribution in [3.63, 3.8) is 0 Å². The van der Waals surface area contributed by atoms with Gasteiger partial charge in [0.25, 0.3) is 0 Å². The van der Waals surface area contributed by atoms with E-state index in [0.29, 0.717) is 0 Å². The van der Waals surface area contributed by atoms with Gasteiger partial charge in [-0.05, 0) is 46.0 Å². The van der Waals surface area contributed by atoms with E-state index < -0.39 is 0 Å². The maximum Gasteiger partial charge on any atom is 0.160 e. The summed E-state index contributed by atoms with van der Waals surface area (Å²) in [6, 6.07) is 58.2. The van der Waals surface area contributed by atoms with E-state index in [2.05, 4.69) is 168 Å². The average molecular weight is 640 g/mol. The topological polar surface area (TPSA) is 42.5 Å². The molecule has 0 aliphatic carbocycles. The molecule has 4 nitrogen and oxygen atoms in total. The smallest absolute Gasteiger partial charge is 0.160 e. The van der Waals surface area contributed by atoms with Crippen LogP contribution in [0.4, 0.5) is 5.69 Å². The molecule has 1 N–H and O–H groups in total. The van der Waals surface area contributed by atoms with E-state index in [1.54, 1.807) is 0 Å². The normalized spacial score (nSPS) is 14.5. The van der Waals surface area contributed by atoms with Gasteiger partial charge in [-0.25, -0.2) is 0 Å². The Morgan fingerprint density at radius 1 is 0.520 bits per heavy atom. The Balaban J connectivity index is 1.19. The first-order chi connectivity index (χ1) is 24.8. The summed E-state index contributed by atoms with van der Waals surface area (Å²) in [4.78, 5) is 5.28. The number of para-hydroxylation sites is 2. The fraction of sp³-hybridized carbons (Fsp3) is 0.0217. The fourth-order valence-corrected chi connectivity index (χ4v) is 8.18. The Labute approximate surface area is 287 Å². The predicted octanol–water partition coefficient (Wildman–Crippen LogP) is 12.0. The van der Waals surface area contributed by atoms with E-state index in [-0.39, 0.29) is 6.17 Å². The molecule has 11 rings (SSSR count).